The number of rotatable bonds is 7. The van der Waals surface area contributed by atoms with E-state index in [4.69, 9.17) is 4.74 Å². The molecule has 1 N–H and O–H groups in total. The Morgan fingerprint density at radius 2 is 1.96 bits per heavy atom. The van der Waals surface area contributed by atoms with E-state index < -0.39 is 0 Å². The van der Waals surface area contributed by atoms with E-state index in [-0.39, 0.29) is 5.60 Å². The van der Waals surface area contributed by atoms with Crippen LogP contribution in [0.1, 0.15) is 46.6 Å². The highest BCUT2D eigenvalue weighted by molar-refractivity contribution is 5.80. The van der Waals surface area contributed by atoms with E-state index in [9.17, 15) is 0 Å². The van der Waals surface area contributed by atoms with E-state index in [1.807, 2.05) is 19.2 Å². The second kappa shape index (κ2) is 9.98. The molecule has 0 bridgehead atoms. The molecule has 1 aliphatic heterocycles. The van der Waals surface area contributed by atoms with E-state index in [0.717, 1.165) is 55.9 Å². The zero-order valence-electron chi connectivity index (χ0n) is 18.1. The smallest absolute Gasteiger partial charge is 0.193 e. The SMILES string of the molecule is CCN(CC)CC1CCN(C(=NC)NCc2ccccc2OC(C)(C)C)C1. The fourth-order valence-electron chi connectivity index (χ4n) is 3.61. The van der Waals surface area contributed by atoms with E-state index in [0.29, 0.717) is 0 Å². The number of ether oxygens (including phenoxy) is 1. The second-order valence-corrected chi connectivity index (χ2v) is 8.31. The monoisotopic (exact) mass is 374 g/mol. The van der Waals surface area contributed by atoms with Gasteiger partial charge in [-0.25, -0.2) is 0 Å². The molecule has 1 aliphatic rings. The zero-order valence-corrected chi connectivity index (χ0v) is 18.1. The van der Waals surface area contributed by atoms with Crippen LogP contribution in [0, 0.1) is 5.92 Å². The lowest BCUT2D eigenvalue weighted by Crippen LogP contribution is -2.40. The minimum absolute atomic E-state index is 0.204. The van der Waals surface area contributed by atoms with Gasteiger partial charge in [0.25, 0.3) is 0 Å². The quantitative estimate of drug-likeness (QED) is 0.585. The first-order chi connectivity index (χ1) is 12.9. The summed E-state index contributed by atoms with van der Waals surface area (Å²) in [5.74, 6) is 2.65. The van der Waals surface area contributed by atoms with E-state index in [2.05, 4.69) is 66.9 Å². The van der Waals surface area contributed by atoms with Gasteiger partial charge in [0.2, 0.25) is 0 Å². The van der Waals surface area contributed by atoms with Crippen LogP contribution < -0.4 is 10.1 Å². The molecule has 0 aromatic heterocycles. The van der Waals surface area contributed by atoms with Gasteiger partial charge in [0.1, 0.15) is 11.4 Å². The second-order valence-electron chi connectivity index (χ2n) is 8.31. The first kappa shape index (κ1) is 21.5. The Kier molecular flexibility index (Phi) is 7.96. The fraction of sp³-hybridized carbons (Fsp3) is 0.682. The molecule has 1 saturated heterocycles. The molecule has 5 heteroatoms. The average Bonchev–Trinajstić information content (AvgIpc) is 3.08. The topological polar surface area (TPSA) is 40.1 Å². The Bertz CT molecular complexity index is 605. The van der Waals surface area contributed by atoms with Gasteiger partial charge in [-0.3, -0.25) is 4.99 Å². The average molecular weight is 375 g/mol. The maximum Gasteiger partial charge on any atom is 0.193 e. The van der Waals surface area contributed by atoms with Gasteiger partial charge < -0.3 is 19.9 Å². The predicted molar refractivity (Wildman–Crippen MR) is 114 cm³/mol. The summed E-state index contributed by atoms with van der Waals surface area (Å²) in [7, 11) is 1.87. The molecule has 1 fully saturated rings. The molecule has 0 spiro atoms. The van der Waals surface area contributed by atoms with Crippen LogP contribution in [-0.4, -0.2) is 61.1 Å². The summed E-state index contributed by atoms with van der Waals surface area (Å²) in [6.45, 7) is 17.0. The van der Waals surface area contributed by atoms with Crippen LogP contribution in [0.15, 0.2) is 29.3 Å². The van der Waals surface area contributed by atoms with Gasteiger partial charge in [-0.05, 0) is 52.3 Å². The molecule has 0 radical (unpaired) electrons. The lowest BCUT2D eigenvalue weighted by Gasteiger charge is -2.26. The number of guanidine groups is 1. The van der Waals surface area contributed by atoms with E-state index in [1.54, 1.807) is 0 Å². The molecule has 152 valence electrons. The Balaban J connectivity index is 1.94. The fourth-order valence-corrected chi connectivity index (χ4v) is 3.61. The van der Waals surface area contributed by atoms with Crippen molar-refractivity contribution >= 4 is 5.96 Å². The number of nitrogens with zero attached hydrogens (tertiary/aromatic N) is 3. The number of hydrogen-bond donors (Lipinski definition) is 1. The van der Waals surface area contributed by atoms with Crippen molar-refractivity contribution in [3.63, 3.8) is 0 Å². The molecular weight excluding hydrogens is 336 g/mol. The summed E-state index contributed by atoms with van der Waals surface area (Å²) in [5, 5.41) is 3.54. The number of aliphatic imine (C=N–C) groups is 1. The Morgan fingerprint density at radius 3 is 2.59 bits per heavy atom. The molecule has 0 aliphatic carbocycles. The number of benzene rings is 1. The zero-order chi connectivity index (χ0) is 19.9. The first-order valence-corrected chi connectivity index (χ1v) is 10.3. The van der Waals surface area contributed by atoms with Crippen molar-refractivity contribution < 1.29 is 4.74 Å². The molecule has 0 saturated carbocycles. The highest BCUT2D eigenvalue weighted by Gasteiger charge is 2.26. The van der Waals surface area contributed by atoms with Gasteiger partial charge in [-0.2, -0.15) is 0 Å². The predicted octanol–water partition coefficient (Wildman–Crippen LogP) is 3.60. The molecule has 1 heterocycles. The number of para-hydroxylation sites is 1. The lowest BCUT2D eigenvalue weighted by atomic mass is 10.1. The summed E-state index contributed by atoms with van der Waals surface area (Å²) in [6.07, 6.45) is 1.24. The number of nitrogens with one attached hydrogen (secondary N) is 1. The van der Waals surface area contributed by atoms with Gasteiger partial charge in [-0.1, -0.05) is 32.0 Å². The maximum absolute atomic E-state index is 6.11. The summed E-state index contributed by atoms with van der Waals surface area (Å²) in [5.41, 5.74) is 0.956. The Morgan fingerprint density at radius 1 is 1.26 bits per heavy atom. The van der Waals surface area contributed by atoms with Gasteiger partial charge in [0.15, 0.2) is 5.96 Å². The van der Waals surface area contributed by atoms with Crippen molar-refractivity contribution in [2.45, 2.75) is 53.2 Å². The molecular formula is C22H38N4O. The standard InChI is InChI=1S/C22H38N4O/c1-7-25(8-2)16-18-13-14-26(17-18)21(23-6)24-15-19-11-9-10-12-20(19)27-22(3,4)5/h9-12,18H,7-8,13-17H2,1-6H3,(H,23,24). The third-order valence-electron chi connectivity index (χ3n) is 5.03. The van der Waals surface area contributed by atoms with Crippen molar-refractivity contribution in [1.82, 2.24) is 15.1 Å². The first-order valence-electron chi connectivity index (χ1n) is 10.3. The van der Waals surface area contributed by atoms with Crippen molar-refractivity contribution in [2.24, 2.45) is 10.9 Å². The summed E-state index contributed by atoms with van der Waals surface area (Å²) < 4.78 is 6.11. The minimum atomic E-state index is -0.204. The van der Waals surface area contributed by atoms with Gasteiger partial charge in [0.05, 0.1) is 0 Å². The normalized spacial score (nSPS) is 18.3. The summed E-state index contributed by atoms with van der Waals surface area (Å²) in [6, 6.07) is 8.25. The van der Waals surface area contributed by atoms with E-state index in [1.165, 1.54) is 13.0 Å². The largest absolute Gasteiger partial charge is 0.488 e. The van der Waals surface area contributed by atoms with Crippen molar-refractivity contribution in [3.8, 4) is 5.75 Å². The van der Waals surface area contributed by atoms with Crippen LogP contribution in [0.25, 0.3) is 0 Å². The van der Waals surface area contributed by atoms with Crippen LogP contribution in [0.2, 0.25) is 0 Å². The van der Waals surface area contributed by atoms with Gasteiger partial charge in [-0.15, -0.1) is 0 Å². The molecule has 2 rings (SSSR count). The number of likely N-dealkylation sites (tertiary alicyclic amines) is 1. The highest BCUT2D eigenvalue weighted by Crippen LogP contribution is 2.23. The van der Waals surface area contributed by atoms with Crippen LogP contribution in [-0.2, 0) is 6.54 Å². The van der Waals surface area contributed by atoms with Gasteiger partial charge >= 0.3 is 0 Å². The third kappa shape index (κ3) is 6.73. The molecule has 1 atom stereocenters. The lowest BCUT2D eigenvalue weighted by molar-refractivity contribution is 0.129. The Labute approximate surface area is 165 Å². The van der Waals surface area contributed by atoms with Crippen molar-refractivity contribution in [3.05, 3.63) is 29.8 Å². The van der Waals surface area contributed by atoms with Crippen molar-refractivity contribution in [1.29, 1.82) is 0 Å². The number of hydrogen-bond acceptors (Lipinski definition) is 3. The molecule has 5 nitrogen and oxygen atoms in total. The Hall–Kier alpha value is -1.75. The minimum Gasteiger partial charge on any atom is -0.488 e. The van der Waals surface area contributed by atoms with Crippen LogP contribution in [0.4, 0.5) is 0 Å². The highest BCUT2D eigenvalue weighted by atomic mass is 16.5. The summed E-state index contributed by atoms with van der Waals surface area (Å²) >= 11 is 0. The summed E-state index contributed by atoms with van der Waals surface area (Å²) in [4.78, 5) is 9.43. The molecule has 1 aromatic carbocycles. The van der Waals surface area contributed by atoms with Crippen LogP contribution in [0.5, 0.6) is 5.75 Å². The van der Waals surface area contributed by atoms with Gasteiger partial charge in [0, 0.05) is 38.8 Å². The molecule has 1 unspecified atom stereocenters. The third-order valence-corrected chi connectivity index (χ3v) is 5.03. The van der Waals surface area contributed by atoms with Crippen LogP contribution in [0.3, 0.4) is 0 Å². The van der Waals surface area contributed by atoms with E-state index >= 15 is 0 Å². The maximum atomic E-state index is 6.11. The molecule has 27 heavy (non-hydrogen) atoms. The van der Waals surface area contributed by atoms with Crippen molar-refractivity contribution in [2.75, 3.05) is 39.8 Å². The molecule has 1 aromatic rings. The van der Waals surface area contributed by atoms with Crippen LogP contribution >= 0.6 is 0 Å². The molecule has 0 amide bonds.